The van der Waals surface area contributed by atoms with Crippen LogP contribution in [0.15, 0.2) is 29.1 Å². The maximum atomic E-state index is 12.5. The first-order valence-electron chi connectivity index (χ1n) is 9.62. The molecule has 1 heterocycles. The number of carbonyl (C=O) groups is 1. The second-order valence-electron chi connectivity index (χ2n) is 8.46. The average Bonchev–Trinajstić information content (AvgIpc) is 2.60. The van der Waals surface area contributed by atoms with E-state index in [1.165, 1.54) is 19.3 Å². The highest BCUT2D eigenvalue weighted by Crippen LogP contribution is 2.38. The van der Waals surface area contributed by atoms with Gasteiger partial charge in [0.2, 0.25) is 5.91 Å². The van der Waals surface area contributed by atoms with E-state index in [1.54, 1.807) is 6.07 Å². The summed E-state index contributed by atoms with van der Waals surface area (Å²) in [6, 6.07) is 7.51. The van der Waals surface area contributed by atoms with Crippen molar-refractivity contribution in [1.82, 2.24) is 15.3 Å². The van der Waals surface area contributed by atoms with Crippen LogP contribution in [0.25, 0.3) is 10.9 Å². The Labute approximate surface area is 154 Å². The molecule has 0 aliphatic heterocycles. The van der Waals surface area contributed by atoms with E-state index in [-0.39, 0.29) is 22.9 Å². The van der Waals surface area contributed by atoms with Gasteiger partial charge in [-0.1, -0.05) is 45.7 Å². The molecule has 1 saturated carbocycles. The summed E-state index contributed by atoms with van der Waals surface area (Å²) in [5, 5.41) is 3.82. The first-order chi connectivity index (χ1) is 12.3. The highest BCUT2D eigenvalue weighted by Gasteiger charge is 2.34. The monoisotopic (exact) mass is 355 g/mol. The summed E-state index contributed by atoms with van der Waals surface area (Å²) in [6.07, 6.45) is 5.44. The van der Waals surface area contributed by atoms with Gasteiger partial charge in [-0.05, 0) is 36.3 Å². The number of aromatic nitrogens is 2. The largest absolute Gasteiger partial charge is 0.353 e. The van der Waals surface area contributed by atoms with Gasteiger partial charge in [0.1, 0.15) is 5.82 Å². The number of rotatable bonds is 4. The Bertz CT molecular complexity index is 835. The molecule has 1 amide bonds. The molecular weight excluding hydrogens is 326 g/mol. The van der Waals surface area contributed by atoms with E-state index in [1.807, 2.05) is 18.2 Å². The van der Waals surface area contributed by atoms with E-state index >= 15 is 0 Å². The van der Waals surface area contributed by atoms with Crippen molar-refractivity contribution >= 4 is 16.8 Å². The van der Waals surface area contributed by atoms with Crippen molar-refractivity contribution < 1.29 is 4.79 Å². The number of hydrogen-bond donors (Lipinski definition) is 2. The normalized spacial score (nSPS) is 20.9. The van der Waals surface area contributed by atoms with Crippen molar-refractivity contribution in [3.63, 3.8) is 0 Å². The molecule has 1 aromatic carbocycles. The second-order valence-corrected chi connectivity index (χ2v) is 8.46. The van der Waals surface area contributed by atoms with Gasteiger partial charge in [-0.15, -0.1) is 0 Å². The highest BCUT2D eigenvalue weighted by molar-refractivity contribution is 5.78. The van der Waals surface area contributed by atoms with Crippen LogP contribution in [-0.2, 0) is 11.2 Å². The molecule has 3 rings (SSSR count). The molecule has 2 aromatic rings. The molecule has 2 unspecified atom stereocenters. The minimum absolute atomic E-state index is 0.0435. The van der Waals surface area contributed by atoms with Crippen LogP contribution in [0.3, 0.4) is 0 Å². The van der Waals surface area contributed by atoms with Crippen LogP contribution in [0.1, 0.15) is 58.7 Å². The van der Waals surface area contributed by atoms with E-state index in [4.69, 9.17) is 0 Å². The number of aromatic amines is 1. The number of aryl methyl sites for hydroxylation is 1. The highest BCUT2D eigenvalue weighted by atomic mass is 16.1. The Morgan fingerprint density at radius 3 is 2.73 bits per heavy atom. The molecular formula is C21H29N3O2. The molecule has 1 aliphatic rings. The van der Waals surface area contributed by atoms with E-state index in [2.05, 4.69) is 36.1 Å². The smallest absolute Gasteiger partial charge is 0.258 e. The number of nitrogens with one attached hydrogen (secondary N) is 2. The summed E-state index contributed by atoms with van der Waals surface area (Å²) < 4.78 is 0. The number of H-pyrrole nitrogens is 1. The van der Waals surface area contributed by atoms with Crippen molar-refractivity contribution in [2.45, 2.75) is 65.3 Å². The Hall–Kier alpha value is -2.17. The minimum atomic E-state index is -0.147. The van der Waals surface area contributed by atoms with Gasteiger partial charge in [0.15, 0.2) is 0 Å². The molecule has 2 atom stereocenters. The number of carbonyl (C=O) groups excluding carboxylic acids is 1. The number of amides is 1. The van der Waals surface area contributed by atoms with E-state index in [0.29, 0.717) is 35.5 Å². The maximum absolute atomic E-state index is 12.5. The third-order valence-electron chi connectivity index (χ3n) is 5.48. The number of nitrogens with zero attached hydrogens (tertiary/aromatic N) is 1. The summed E-state index contributed by atoms with van der Waals surface area (Å²) in [4.78, 5) is 31.9. The fourth-order valence-electron chi connectivity index (χ4n) is 4.10. The quantitative estimate of drug-likeness (QED) is 0.880. The summed E-state index contributed by atoms with van der Waals surface area (Å²) in [5.74, 6) is 1.13. The summed E-state index contributed by atoms with van der Waals surface area (Å²) in [5.41, 5.74) is 0.724. The molecule has 0 saturated heterocycles. The van der Waals surface area contributed by atoms with Gasteiger partial charge in [0.25, 0.3) is 5.56 Å². The topological polar surface area (TPSA) is 74.8 Å². The van der Waals surface area contributed by atoms with Crippen LogP contribution < -0.4 is 10.9 Å². The molecule has 0 bridgehead atoms. The number of benzene rings is 1. The third-order valence-corrected chi connectivity index (χ3v) is 5.48. The van der Waals surface area contributed by atoms with Gasteiger partial charge in [-0.25, -0.2) is 4.98 Å². The molecule has 2 N–H and O–H groups in total. The summed E-state index contributed by atoms with van der Waals surface area (Å²) >= 11 is 0. The lowest BCUT2D eigenvalue weighted by atomic mass is 9.69. The first kappa shape index (κ1) is 18.6. The molecule has 5 nitrogen and oxygen atoms in total. The zero-order valence-electron chi connectivity index (χ0n) is 16.0. The van der Waals surface area contributed by atoms with Crippen molar-refractivity contribution in [1.29, 1.82) is 0 Å². The minimum Gasteiger partial charge on any atom is -0.353 e. The third kappa shape index (κ3) is 4.32. The number of hydrogen-bond acceptors (Lipinski definition) is 3. The van der Waals surface area contributed by atoms with Gasteiger partial charge in [0, 0.05) is 18.9 Å². The van der Waals surface area contributed by atoms with Crippen molar-refractivity contribution in [2.75, 3.05) is 0 Å². The van der Waals surface area contributed by atoms with Crippen LogP contribution in [-0.4, -0.2) is 21.9 Å². The Morgan fingerprint density at radius 1 is 1.23 bits per heavy atom. The van der Waals surface area contributed by atoms with Gasteiger partial charge in [-0.2, -0.15) is 0 Å². The SMILES string of the molecule is CC(C)(C)C1CCCCC1NC(=O)CCc1nc2ccccc2c(=O)[nH]1. The van der Waals surface area contributed by atoms with Gasteiger partial charge < -0.3 is 10.3 Å². The lowest BCUT2D eigenvalue weighted by molar-refractivity contribution is -0.122. The van der Waals surface area contributed by atoms with Crippen molar-refractivity contribution in [2.24, 2.45) is 11.3 Å². The van der Waals surface area contributed by atoms with Crippen molar-refractivity contribution in [3.05, 3.63) is 40.4 Å². The Morgan fingerprint density at radius 2 is 1.96 bits per heavy atom. The van der Waals surface area contributed by atoms with Crippen LogP contribution >= 0.6 is 0 Å². The van der Waals surface area contributed by atoms with Gasteiger partial charge in [0.05, 0.1) is 10.9 Å². The predicted octanol–water partition coefficient (Wildman–Crippen LogP) is 3.58. The lowest BCUT2D eigenvalue weighted by Gasteiger charge is -2.40. The Kier molecular flexibility index (Phi) is 5.44. The van der Waals surface area contributed by atoms with E-state index in [0.717, 1.165) is 6.42 Å². The molecule has 0 spiro atoms. The lowest BCUT2D eigenvalue weighted by Crippen LogP contribution is -2.46. The van der Waals surface area contributed by atoms with Gasteiger partial charge in [-0.3, -0.25) is 9.59 Å². The van der Waals surface area contributed by atoms with Crippen LogP contribution in [0.5, 0.6) is 0 Å². The van der Waals surface area contributed by atoms with Gasteiger partial charge >= 0.3 is 0 Å². The summed E-state index contributed by atoms with van der Waals surface area (Å²) in [6.45, 7) is 6.77. The van der Waals surface area contributed by atoms with Crippen molar-refractivity contribution in [3.8, 4) is 0 Å². The fourth-order valence-corrected chi connectivity index (χ4v) is 4.10. The molecule has 1 aliphatic carbocycles. The predicted molar refractivity (Wildman–Crippen MR) is 104 cm³/mol. The second kappa shape index (κ2) is 7.60. The maximum Gasteiger partial charge on any atom is 0.258 e. The van der Waals surface area contributed by atoms with Crippen LogP contribution in [0.2, 0.25) is 0 Å². The van der Waals surface area contributed by atoms with Crippen LogP contribution in [0.4, 0.5) is 0 Å². The molecule has 26 heavy (non-hydrogen) atoms. The molecule has 1 fully saturated rings. The number of fused-ring (bicyclic) bond motifs is 1. The molecule has 5 heteroatoms. The molecule has 140 valence electrons. The average molecular weight is 355 g/mol. The van der Waals surface area contributed by atoms with E-state index < -0.39 is 0 Å². The zero-order valence-corrected chi connectivity index (χ0v) is 16.0. The zero-order chi connectivity index (χ0) is 18.7. The van der Waals surface area contributed by atoms with E-state index in [9.17, 15) is 9.59 Å². The Balaban J connectivity index is 1.63. The number of para-hydroxylation sites is 1. The summed E-state index contributed by atoms with van der Waals surface area (Å²) in [7, 11) is 0. The first-order valence-corrected chi connectivity index (χ1v) is 9.62. The molecule has 0 radical (unpaired) electrons. The van der Waals surface area contributed by atoms with Crippen LogP contribution in [0, 0.1) is 11.3 Å². The standard InChI is InChI=1S/C21H29N3O2/c1-21(2,3)15-9-5-7-11-17(15)23-19(25)13-12-18-22-16-10-6-4-8-14(16)20(26)24-18/h4,6,8,10,15,17H,5,7,9,11-13H2,1-3H3,(H,23,25)(H,22,24,26). The fraction of sp³-hybridized carbons (Fsp3) is 0.571. The molecule has 1 aromatic heterocycles.